The summed E-state index contributed by atoms with van der Waals surface area (Å²) in [5.74, 6) is -4.17. The van der Waals surface area contributed by atoms with Crippen LogP contribution in [0.3, 0.4) is 0 Å². The third-order valence-electron chi connectivity index (χ3n) is 3.80. The average molecular weight is 456 g/mol. The minimum absolute atomic E-state index is 0. The summed E-state index contributed by atoms with van der Waals surface area (Å²) < 4.78 is 39.3. The number of hydrogen-bond acceptors (Lipinski definition) is 2. The van der Waals surface area contributed by atoms with Gasteiger partial charge in [0.05, 0.1) is 5.69 Å². The van der Waals surface area contributed by atoms with Crippen molar-refractivity contribution in [2.45, 2.75) is 19.8 Å². The Hall–Kier alpha value is -1.52. The van der Waals surface area contributed by atoms with E-state index in [4.69, 9.17) is 5.73 Å². The third-order valence-corrected chi connectivity index (χ3v) is 3.80. The average Bonchev–Trinajstić information content (AvgIpc) is 2.54. The van der Waals surface area contributed by atoms with Gasteiger partial charge >= 0.3 is 0 Å². The number of rotatable bonds is 3. The Balaban J connectivity index is 0.00000288. The molecule has 5 nitrogen and oxygen atoms in total. The zero-order chi connectivity index (χ0) is 17.0. The molecule has 1 saturated heterocycles. The second-order valence-electron chi connectivity index (χ2n) is 5.62. The van der Waals surface area contributed by atoms with Gasteiger partial charge in [-0.05, 0) is 30.9 Å². The zero-order valence-electron chi connectivity index (χ0n) is 13.2. The molecule has 24 heavy (non-hydrogen) atoms. The lowest BCUT2D eigenvalue weighted by Crippen LogP contribution is -2.42. The van der Waals surface area contributed by atoms with Gasteiger partial charge in [-0.15, -0.1) is 24.0 Å². The summed E-state index contributed by atoms with van der Waals surface area (Å²) >= 11 is 0. The van der Waals surface area contributed by atoms with Crippen molar-refractivity contribution in [2.75, 3.05) is 25.0 Å². The number of hydrogen-bond donors (Lipinski definition) is 2. The highest BCUT2D eigenvalue weighted by Gasteiger charge is 2.18. The number of piperidine rings is 1. The van der Waals surface area contributed by atoms with Crippen molar-refractivity contribution in [1.82, 2.24) is 4.90 Å². The SMILES string of the molecule is CC1CCN(C(N)=NCC(=O)Nc2ccc(F)c(F)c2F)CC1.I. The topological polar surface area (TPSA) is 70.7 Å². The summed E-state index contributed by atoms with van der Waals surface area (Å²) in [6.45, 7) is 3.39. The fourth-order valence-electron chi connectivity index (χ4n) is 2.30. The summed E-state index contributed by atoms with van der Waals surface area (Å²) in [6, 6.07) is 1.69. The molecule has 1 fully saturated rings. The van der Waals surface area contributed by atoms with Crippen molar-refractivity contribution in [2.24, 2.45) is 16.6 Å². The molecule has 1 amide bonds. The van der Waals surface area contributed by atoms with Gasteiger partial charge < -0.3 is 16.0 Å². The zero-order valence-corrected chi connectivity index (χ0v) is 15.5. The predicted molar refractivity (Wildman–Crippen MR) is 96.8 cm³/mol. The van der Waals surface area contributed by atoms with E-state index in [-0.39, 0.29) is 36.5 Å². The van der Waals surface area contributed by atoms with Crippen LogP contribution in [0.15, 0.2) is 17.1 Å². The van der Waals surface area contributed by atoms with E-state index < -0.39 is 29.0 Å². The highest BCUT2D eigenvalue weighted by Crippen LogP contribution is 2.19. The largest absolute Gasteiger partial charge is 0.370 e. The fourth-order valence-corrected chi connectivity index (χ4v) is 2.30. The van der Waals surface area contributed by atoms with Gasteiger partial charge in [0.2, 0.25) is 5.91 Å². The summed E-state index contributed by atoms with van der Waals surface area (Å²) in [6.07, 6.45) is 2.00. The number of nitrogens with zero attached hydrogens (tertiary/aromatic N) is 2. The third kappa shape index (κ3) is 5.25. The lowest BCUT2D eigenvalue weighted by Gasteiger charge is -2.30. The molecule has 1 aliphatic heterocycles. The van der Waals surface area contributed by atoms with Crippen molar-refractivity contribution in [3.05, 3.63) is 29.6 Å². The van der Waals surface area contributed by atoms with E-state index >= 15 is 0 Å². The van der Waals surface area contributed by atoms with Gasteiger partial charge in [-0.2, -0.15) is 0 Å². The molecule has 0 radical (unpaired) electrons. The second kappa shape index (κ2) is 9.09. The molecule has 9 heteroatoms. The molecule has 0 unspecified atom stereocenters. The highest BCUT2D eigenvalue weighted by molar-refractivity contribution is 14.0. The van der Waals surface area contributed by atoms with Gasteiger partial charge in [0.25, 0.3) is 0 Å². The van der Waals surface area contributed by atoms with Crippen molar-refractivity contribution < 1.29 is 18.0 Å². The number of benzene rings is 1. The Morgan fingerprint density at radius 2 is 1.92 bits per heavy atom. The highest BCUT2D eigenvalue weighted by atomic mass is 127. The van der Waals surface area contributed by atoms with Crippen molar-refractivity contribution in [1.29, 1.82) is 0 Å². The summed E-state index contributed by atoms with van der Waals surface area (Å²) in [4.78, 5) is 17.6. The van der Waals surface area contributed by atoms with Gasteiger partial charge in [0, 0.05) is 13.1 Å². The molecular weight excluding hydrogens is 436 g/mol. The van der Waals surface area contributed by atoms with E-state index in [1.807, 2.05) is 4.90 Å². The maximum absolute atomic E-state index is 13.5. The lowest BCUT2D eigenvalue weighted by atomic mass is 10.00. The maximum Gasteiger partial charge on any atom is 0.246 e. The first-order chi connectivity index (χ1) is 10.9. The number of nitrogens with two attached hydrogens (primary N) is 1. The number of carbonyl (C=O) groups is 1. The van der Waals surface area contributed by atoms with E-state index in [2.05, 4.69) is 17.2 Å². The molecule has 0 aliphatic carbocycles. The fraction of sp³-hybridized carbons (Fsp3) is 0.467. The van der Waals surface area contributed by atoms with Crippen LogP contribution in [0.1, 0.15) is 19.8 Å². The molecule has 0 saturated carbocycles. The lowest BCUT2D eigenvalue weighted by molar-refractivity contribution is -0.114. The number of carbonyl (C=O) groups excluding carboxylic acids is 1. The van der Waals surface area contributed by atoms with Crippen LogP contribution < -0.4 is 11.1 Å². The minimum Gasteiger partial charge on any atom is -0.370 e. The van der Waals surface area contributed by atoms with Crippen molar-refractivity contribution >= 4 is 41.5 Å². The van der Waals surface area contributed by atoms with E-state index in [1.54, 1.807) is 0 Å². The van der Waals surface area contributed by atoms with Crippen molar-refractivity contribution in [3.8, 4) is 0 Å². The van der Waals surface area contributed by atoms with E-state index in [0.717, 1.165) is 38.1 Å². The van der Waals surface area contributed by atoms with Crippen LogP contribution in [0.4, 0.5) is 18.9 Å². The normalized spacial score (nSPS) is 15.8. The first-order valence-corrected chi connectivity index (χ1v) is 7.36. The molecule has 1 aliphatic rings. The van der Waals surface area contributed by atoms with E-state index in [9.17, 15) is 18.0 Å². The standard InChI is InChI=1S/C15H19F3N4O.HI/c1-9-4-6-22(7-5-9)15(19)20-8-12(23)21-11-3-2-10(16)13(17)14(11)18;/h2-3,9H,4-8H2,1H3,(H2,19,20)(H,21,23);1H. The van der Waals surface area contributed by atoms with Gasteiger partial charge in [0.15, 0.2) is 23.4 Å². The quantitative estimate of drug-likeness (QED) is 0.318. The number of guanidine groups is 1. The molecule has 1 aromatic carbocycles. The Bertz CT molecular complexity index is 619. The van der Waals surface area contributed by atoms with Crippen LogP contribution in [0, 0.1) is 23.4 Å². The molecule has 0 bridgehead atoms. The number of nitrogens with one attached hydrogen (secondary N) is 1. The monoisotopic (exact) mass is 456 g/mol. The number of amides is 1. The Kier molecular flexibility index (Phi) is 7.77. The molecule has 1 heterocycles. The van der Waals surface area contributed by atoms with Crippen molar-refractivity contribution in [3.63, 3.8) is 0 Å². The van der Waals surface area contributed by atoms with Gasteiger partial charge in [0.1, 0.15) is 6.54 Å². The summed E-state index contributed by atoms with van der Waals surface area (Å²) in [7, 11) is 0. The maximum atomic E-state index is 13.5. The predicted octanol–water partition coefficient (Wildman–Crippen LogP) is 2.71. The molecule has 134 valence electrons. The van der Waals surface area contributed by atoms with Gasteiger partial charge in [-0.3, -0.25) is 4.79 Å². The van der Waals surface area contributed by atoms with Gasteiger partial charge in [-0.25, -0.2) is 18.2 Å². The molecule has 2 rings (SSSR count). The smallest absolute Gasteiger partial charge is 0.246 e. The van der Waals surface area contributed by atoms with Crippen LogP contribution in [-0.2, 0) is 4.79 Å². The number of likely N-dealkylation sites (tertiary alicyclic amines) is 1. The molecule has 1 aromatic rings. The van der Waals surface area contributed by atoms with Crippen LogP contribution in [-0.4, -0.2) is 36.4 Å². The Labute approximate surface area is 155 Å². The number of anilines is 1. The first kappa shape index (κ1) is 20.5. The van der Waals surface area contributed by atoms with E-state index in [1.165, 1.54) is 0 Å². The molecule has 3 N–H and O–H groups in total. The summed E-state index contributed by atoms with van der Waals surface area (Å²) in [5.41, 5.74) is 5.39. The Morgan fingerprint density at radius 3 is 2.54 bits per heavy atom. The first-order valence-electron chi connectivity index (χ1n) is 7.36. The summed E-state index contributed by atoms with van der Waals surface area (Å²) in [5, 5.41) is 2.14. The van der Waals surface area contributed by atoms with Gasteiger partial charge in [-0.1, -0.05) is 6.92 Å². The Morgan fingerprint density at radius 1 is 1.29 bits per heavy atom. The molecule has 0 aromatic heterocycles. The number of aliphatic imine (C=N–C) groups is 1. The molecule has 0 spiro atoms. The van der Waals surface area contributed by atoms with E-state index in [0.29, 0.717) is 5.92 Å². The van der Waals surface area contributed by atoms with Crippen LogP contribution in [0.2, 0.25) is 0 Å². The van der Waals surface area contributed by atoms with Crippen LogP contribution >= 0.6 is 24.0 Å². The molecule has 0 atom stereocenters. The number of halogens is 4. The molecular formula is C15H20F3IN4O. The minimum atomic E-state index is -1.63. The van der Waals surface area contributed by atoms with Crippen LogP contribution in [0.5, 0.6) is 0 Å². The second-order valence-corrected chi connectivity index (χ2v) is 5.62. The van der Waals surface area contributed by atoms with Crippen LogP contribution in [0.25, 0.3) is 0 Å².